The molecule has 168 valence electrons. The largest absolute Gasteiger partial charge is 0.444 e. The molecule has 1 aliphatic carbocycles. The highest BCUT2D eigenvalue weighted by molar-refractivity contribution is 7.90. The number of ether oxygens (including phenoxy) is 1. The summed E-state index contributed by atoms with van der Waals surface area (Å²) < 4.78 is 28.2. The molecule has 0 aromatic carbocycles. The monoisotopic (exact) mass is 430 g/mol. The Labute approximate surface area is 176 Å². The van der Waals surface area contributed by atoms with Crippen LogP contribution in [0.1, 0.15) is 52.9 Å². The van der Waals surface area contributed by atoms with Crippen LogP contribution in [0.5, 0.6) is 0 Å². The van der Waals surface area contributed by atoms with E-state index in [9.17, 15) is 13.2 Å². The Morgan fingerprint density at radius 3 is 2.31 bits per heavy atom. The van der Waals surface area contributed by atoms with Crippen LogP contribution < -0.4 is 5.32 Å². The SMILES string of the molecule is CN=C(NCCCS(C)(=O)=O)N1CCC(N(CC2CC2)C(=O)OC(C)(C)C)CC1. The van der Waals surface area contributed by atoms with Crippen LogP contribution >= 0.6 is 0 Å². The number of rotatable bonds is 7. The van der Waals surface area contributed by atoms with E-state index in [1.807, 2.05) is 25.7 Å². The van der Waals surface area contributed by atoms with Gasteiger partial charge in [0.15, 0.2) is 5.96 Å². The second-order valence-corrected chi connectivity index (χ2v) is 11.5. The Morgan fingerprint density at radius 1 is 1.21 bits per heavy atom. The fraction of sp³-hybridized carbons (Fsp3) is 0.900. The number of aliphatic imine (C=N–C) groups is 1. The number of hydrogen-bond donors (Lipinski definition) is 1. The molecule has 2 fully saturated rings. The van der Waals surface area contributed by atoms with Gasteiger partial charge in [0.05, 0.1) is 5.75 Å². The van der Waals surface area contributed by atoms with Crippen molar-refractivity contribution in [1.82, 2.24) is 15.1 Å². The van der Waals surface area contributed by atoms with Crippen molar-refractivity contribution in [3.05, 3.63) is 0 Å². The van der Waals surface area contributed by atoms with Crippen molar-refractivity contribution in [3.8, 4) is 0 Å². The van der Waals surface area contributed by atoms with E-state index >= 15 is 0 Å². The van der Waals surface area contributed by atoms with E-state index in [-0.39, 0.29) is 17.9 Å². The van der Waals surface area contributed by atoms with E-state index in [1.54, 1.807) is 7.05 Å². The summed E-state index contributed by atoms with van der Waals surface area (Å²) in [5, 5.41) is 3.26. The molecule has 1 N–H and O–H groups in total. The average Bonchev–Trinajstić information content (AvgIpc) is 3.42. The molecule has 0 bridgehead atoms. The minimum absolute atomic E-state index is 0.172. The second kappa shape index (κ2) is 10.00. The van der Waals surface area contributed by atoms with Gasteiger partial charge in [-0.2, -0.15) is 0 Å². The first kappa shape index (κ1) is 23.8. The van der Waals surface area contributed by atoms with E-state index in [1.165, 1.54) is 19.1 Å². The van der Waals surface area contributed by atoms with Crippen LogP contribution in [0, 0.1) is 5.92 Å². The predicted octanol–water partition coefficient (Wildman–Crippen LogP) is 2.11. The van der Waals surface area contributed by atoms with Gasteiger partial charge in [-0.25, -0.2) is 13.2 Å². The first-order chi connectivity index (χ1) is 13.5. The smallest absolute Gasteiger partial charge is 0.410 e. The van der Waals surface area contributed by atoms with Crippen molar-refractivity contribution >= 4 is 21.9 Å². The minimum atomic E-state index is -2.94. The van der Waals surface area contributed by atoms with E-state index in [2.05, 4.69) is 15.2 Å². The number of likely N-dealkylation sites (tertiary alicyclic amines) is 1. The number of amides is 1. The number of hydrogen-bond acceptors (Lipinski definition) is 5. The fourth-order valence-corrected chi connectivity index (χ4v) is 4.20. The van der Waals surface area contributed by atoms with Gasteiger partial charge in [-0.05, 0) is 58.8 Å². The average molecular weight is 431 g/mol. The third-order valence-electron chi connectivity index (χ3n) is 5.17. The highest BCUT2D eigenvalue weighted by Gasteiger charge is 2.35. The zero-order valence-electron chi connectivity index (χ0n) is 18.6. The maximum atomic E-state index is 12.8. The molecule has 0 atom stereocenters. The summed E-state index contributed by atoms with van der Waals surface area (Å²) >= 11 is 0. The molecule has 0 radical (unpaired) electrons. The van der Waals surface area contributed by atoms with E-state index in [0.29, 0.717) is 18.9 Å². The lowest BCUT2D eigenvalue weighted by atomic mass is 10.0. The molecule has 0 spiro atoms. The molecule has 1 saturated carbocycles. The summed E-state index contributed by atoms with van der Waals surface area (Å²) in [6, 6.07) is 0.185. The van der Waals surface area contributed by atoms with Crippen molar-refractivity contribution in [3.63, 3.8) is 0 Å². The van der Waals surface area contributed by atoms with Gasteiger partial charge in [0.2, 0.25) is 0 Å². The van der Waals surface area contributed by atoms with Gasteiger partial charge >= 0.3 is 6.09 Å². The van der Waals surface area contributed by atoms with Gasteiger partial charge < -0.3 is 19.9 Å². The number of nitrogens with one attached hydrogen (secondary N) is 1. The number of sulfone groups is 1. The standard InChI is InChI=1S/C20H38N4O4S/c1-20(2,3)28-19(25)24(15-16-7-8-16)17-9-12-23(13-10-17)18(21-4)22-11-6-14-29(5,26)27/h16-17H,6-15H2,1-5H3,(H,21,22). The lowest BCUT2D eigenvalue weighted by Gasteiger charge is -2.40. The molecule has 9 heteroatoms. The highest BCUT2D eigenvalue weighted by atomic mass is 32.2. The summed E-state index contributed by atoms with van der Waals surface area (Å²) in [4.78, 5) is 21.2. The molecule has 0 unspecified atom stereocenters. The lowest BCUT2D eigenvalue weighted by molar-refractivity contribution is 0.00928. The van der Waals surface area contributed by atoms with E-state index in [4.69, 9.17) is 4.74 Å². The molecule has 0 aromatic rings. The summed E-state index contributed by atoms with van der Waals surface area (Å²) in [5.41, 5.74) is -0.489. The third kappa shape index (κ3) is 8.80. The summed E-state index contributed by atoms with van der Waals surface area (Å²) in [7, 11) is -1.20. The molecule has 2 aliphatic rings. The quantitative estimate of drug-likeness (QED) is 0.378. The zero-order chi connectivity index (χ0) is 21.7. The Balaban J connectivity index is 1.86. The molecular weight excluding hydrogens is 392 g/mol. The number of piperidine rings is 1. The molecule has 0 aromatic heterocycles. The van der Waals surface area contributed by atoms with Crippen LogP contribution in [0.3, 0.4) is 0 Å². The first-order valence-electron chi connectivity index (χ1n) is 10.6. The summed E-state index contributed by atoms with van der Waals surface area (Å²) in [6.45, 7) is 8.69. The highest BCUT2D eigenvalue weighted by Crippen LogP contribution is 2.32. The summed E-state index contributed by atoms with van der Waals surface area (Å²) in [5.74, 6) is 1.58. The van der Waals surface area contributed by atoms with Crippen LogP contribution in [0.4, 0.5) is 4.79 Å². The van der Waals surface area contributed by atoms with Crippen LogP contribution in [0.25, 0.3) is 0 Å². The van der Waals surface area contributed by atoms with Crippen LogP contribution in [-0.4, -0.2) is 87.1 Å². The Morgan fingerprint density at radius 2 is 1.83 bits per heavy atom. The maximum Gasteiger partial charge on any atom is 0.410 e. The topological polar surface area (TPSA) is 91.3 Å². The minimum Gasteiger partial charge on any atom is -0.444 e. The maximum absolute atomic E-state index is 12.8. The molecule has 29 heavy (non-hydrogen) atoms. The van der Waals surface area contributed by atoms with Gasteiger partial charge in [-0.1, -0.05) is 0 Å². The molecule has 2 rings (SSSR count). The van der Waals surface area contributed by atoms with Crippen molar-refractivity contribution in [1.29, 1.82) is 0 Å². The van der Waals surface area contributed by atoms with Crippen LogP contribution in [0.15, 0.2) is 4.99 Å². The zero-order valence-corrected chi connectivity index (χ0v) is 19.4. The van der Waals surface area contributed by atoms with Crippen LogP contribution in [-0.2, 0) is 14.6 Å². The van der Waals surface area contributed by atoms with Gasteiger partial charge in [0, 0.05) is 45.5 Å². The molecule has 1 aliphatic heterocycles. The number of carbonyl (C=O) groups excluding carboxylic acids is 1. The van der Waals surface area contributed by atoms with Gasteiger partial charge in [0.25, 0.3) is 0 Å². The van der Waals surface area contributed by atoms with E-state index in [0.717, 1.165) is 38.4 Å². The third-order valence-corrected chi connectivity index (χ3v) is 6.20. The first-order valence-corrected chi connectivity index (χ1v) is 12.7. The summed E-state index contributed by atoms with van der Waals surface area (Å²) in [6.07, 6.45) is 5.74. The normalized spacial score (nSPS) is 19.2. The van der Waals surface area contributed by atoms with Gasteiger partial charge in [-0.15, -0.1) is 0 Å². The molecule has 1 saturated heterocycles. The predicted molar refractivity (Wildman–Crippen MR) is 116 cm³/mol. The van der Waals surface area contributed by atoms with Crippen molar-refractivity contribution in [2.24, 2.45) is 10.9 Å². The van der Waals surface area contributed by atoms with Gasteiger partial charge in [-0.3, -0.25) is 4.99 Å². The van der Waals surface area contributed by atoms with Crippen molar-refractivity contribution in [2.45, 2.75) is 64.5 Å². The molecule has 8 nitrogen and oxygen atoms in total. The molecule has 1 heterocycles. The number of guanidine groups is 1. The van der Waals surface area contributed by atoms with Crippen LogP contribution in [0.2, 0.25) is 0 Å². The molecule has 1 amide bonds. The number of carbonyl (C=O) groups is 1. The van der Waals surface area contributed by atoms with Crippen molar-refractivity contribution < 1.29 is 17.9 Å². The lowest BCUT2D eigenvalue weighted by Crippen LogP contribution is -2.52. The second-order valence-electron chi connectivity index (χ2n) is 9.25. The Hall–Kier alpha value is -1.51. The Kier molecular flexibility index (Phi) is 8.19. The molecular formula is C20H38N4O4S. The number of nitrogens with zero attached hydrogens (tertiary/aromatic N) is 3. The van der Waals surface area contributed by atoms with Crippen molar-refractivity contribution in [2.75, 3.05) is 45.2 Å². The van der Waals surface area contributed by atoms with E-state index < -0.39 is 15.4 Å². The fourth-order valence-electron chi connectivity index (χ4n) is 3.53. The van der Waals surface area contributed by atoms with Gasteiger partial charge in [0.1, 0.15) is 15.4 Å². The Bertz CT molecular complexity index is 675.